The van der Waals surface area contributed by atoms with Crippen LogP contribution < -0.4 is 11.1 Å². The van der Waals surface area contributed by atoms with Crippen LogP contribution in [0.15, 0.2) is 33.7 Å². The van der Waals surface area contributed by atoms with Crippen LogP contribution in [0, 0.1) is 0 Å². The SMILES string of the molecule is NC(=NC1CC1)Nc1ccccc1Br. The quantitative estimate of drug-likeness (QED) is 0.628. The lowest BCUT2D eigenvalue weighted by molar-refractivity contribution is 1.06. The van der Waals surface area contributed by atoms with Gasteiger partial charge in [0.25, 0.3) is 0 Å². The lowest BCUT2D eigenvalue weighted by Crippen LogP contribution is -2.23. The second-order valence-electron chi connectivity index (χ2n) is 3.35. The van der Waals surface area contributed by atoms with Crippen LogP contribution in [-0.2, 0) is 0 Å². The summed E-state index contributed by atoms with van der Waals surface area (Å²) in [4.78, 5) is 4.29. The molecule has 1 fully saturated rings. The zero-order chi connectivity index (χ0) is 9.97. The number of anilines is 1. The minimum absolute atomic E-state index is 0.449. The summed E-state index contributed by atoms with van der Waals surface area (Å²) < 4.78 is 0.994. The summed E-state index contributed by atoms with van der Waals surface area (Å²) in [5.41, 5.74) is 6.69. The molecule has 0 heterocycles. The predicted octanol–water partition coefficient (Wildman–Crippen LogP) is 2.34. The van der Waals surface area contributed by atoms with Gasteiger partial charge < -0.3 is 11.1 Å². The smallest absolute Gasteiger partial charge is 0.193 e. The second-order valence-corrected chi connectivity index (χ2v) is 4.20. The van der Waals surface area contributed by atoms with Crippen molar-refractivity contribution in [1.82, 2.24) is 0 Å². The van der Waals surface area contributed by atoms with E-state index in [0.29, 0.717) is 12.0 Å². The number of aliphatic imine (C=N–C) groups is 1. The highest BCUT2D eigenvalue weighted by Gasteiger charge is 2.20. The number of halogens is 1. The number of nitrogens with one attached hydrogen (secondary N) is 1. The third-order valence-electron chi connectivity index (χ3n) is 2.01. The van der Waals surface area contributed by atoms with Gasteiger partial charge in [0.15, 0.2) is 5.96 Å². The first-order valence-electron chi connectivity index (χ1n) is 4.60. The average molecular weight is 254 g/mol. The Labute approximate surface area is 91.5 Å². The number of hydrogen-bond donors (Lipinski definition) is 2. The molecule has 1 aliphatic carbocycles. The van der Waals surface area contributed by atoms with E-state index in [1.165, 1.54) is 12.8 Å². The van der Waals surface area contributed by atoms with Gasteiger partial charge in [0.05, 0.1) is 11.7 Å². The molecule has 1 saturated carbocycles. The summed E-state index contributed by atoms with van der Waals surface area (Å²) in [5, 5.41) is 3.06. The molecule has 2 rings (SSSR count). The normalized spacial score (nSPS) is 16.8. The van der Waals surface area contributed by atoms with E-state index >= 15 is 0 Å². The van der Waals surface area contributed by atoms with Gasteiger partial charge in [-0.3, -0.25) is 0 Å². The summed E-state index contributed by atoms with van der Waals surface area (Å²) in [6, 6.07) is 8.29. The van der Waals surface area contributed by atoms with Crippen molar-refractivity contribution in [3.8, 4) is 0 Å². The molecule has 0 aromatic heterocycles. The summed E-state index contributed by atoms with van der Waals surface area (Å²) in [6.07, 6.45) is 2.33. The largest absolute Gasteiger partial charge is 0.370 e. The number of nitrogens with zero attached hydrogens (tertiary/aromatic N) is 1. The van der Waals surface area contributed by atoms with E-state index in [1.807, 2.05) is 24.3 Å². The molecule has 3 nitrogen and oxygen atoms in total. The van der Waals surface area contributed by atoms with Crippen LogP contribution >= 0.6 is 15.9 Å². The molecule has 0 unspecified atom stereocenters. The Morgan fingerprint density at radius 3 is 2.79 bits per heavy atom. The molecule has 0 atom stereocenters. The summed E-state index contributed by atoms with van der Waals surface area (Å²) in [5.74, 6) is 0.499. The van der Waals surface area contributed by atoms with Crippen molar-refractivity contribution in [2.24, 2.45) is 10.7 Å². The van der Waals surface area contributed by atoms with Crippen LogP contribution in [0.4, 0.5) is 5.69 Å². The van der Waals surface area contributed by atoms with E-state index in [2.05, 4.69) is 26.2 Å². The Kier molecular flexibility index (Phi) is 2.72. The molecule has 0 radical (unpaired) electrons. The fourth-order valence-corrected chi connectivity index (χ4v) is 1.52. The molecule has 0 spiro atoms. The van der Waals surface area contributed by atoms with Crippen molar-refractivity contribution in [3.63, 3.8) is 0 Å². The van der Waals surface area contributed by atoms with Crippen LogP contribution in [-0.4, -0.2) is 12.0 Å². The molecular weight excluding hydrogens is 242 g/mol. The second kappa shape index (κ2) is 4.00. The Balaban J connectivity index is 2.06. The first-order chi connectivity index (χ1) is 6.75. The highest BCUT2D eigenvalue weighted by Crippen LogP contribution is 2.24. The van der Waals surface area contributed by atoms with Crippen molar-refractivity contribution in [3.05, 3.63) is 28.7 Å². The van der Waals surface area contributed by atoms with E-state index in [9.17, 15) is 0 Å². The van der Waals surface area contributed by atoms with Crippen LogP contribution in [0.25, 0.3) is 0 Å². The fourth-order valence-electron chi connectivity index (χ4n) is 1.13. The third kappa shape index (κ3) is 2.48. The lowest BCUT2D eigenvalue weighted by Gasteiger charge is -2.06. The van der Waals surface area contributed by atoms with Gasteiger partial charge in [0, 0.05) is 4.47 Å². The predicted molar refractivity (Wildman–Crippen MR) is 62.4 cm³/mol. The average Bonchev–Trinajstić information content (AvgIpc) is 2.93. The lowest BCUT2D eigenvalue weighted by atomic mass is 10.3. The van der Waals surface area contributed by atoms with Gasteiger partial charge in [-0.1, -0.05) is 12.1 Å². The summed E-state index contributed by atoms with van der Waals surface area (Å²) in [6.45, 7) is 0. The van der Waals surface area contributed by atoms with Gasteiger partial charge in [-0.05, 0) is 40.9 Å². The molecule has 74 valence electrons. The molecule has 1 aromatic carbocycles. The van der Waals surface area contributed by atoms with E-state index in [1.54, 1.807) is 0 Å². The minimum Gasteiger partial charge on any atom is -0.370 e. The number of rotatable bonds is 2. The number of para-hydroxylation sites is 1. The Hall–Kier alpha value is -1.03. The van der Waals surface area contributed by atoms with Crippen LogP contribution in [0.2, 0.25) is 0 Å². The zero-order valence-electron chi connectivity index (χ0n) is 7.70. The fraction of sp³-hybridized carbons (Fsp3) is 0.300. The molecule has 0 saturated heterocycles. The van der Waals surface area contributed by atoms with Crippen molar-refractivity contribution < 1.29 is 0 Å². The van der Waals surface area contributed by atoms with Crippen LogP contribution in [0.5, 0.6) is 0 Å². The molecule has 4 heteroatoms. The van der Waals surface area contributed by atoms with Crippen LogP contribution in [0.1, 0.15) is 12.8 Å². The maximum Gasteiger partial charge on any atom is 0.193 e. The van der Waals surface area contributed by atoms with Gasteiger partial charge >= 0.3 is 0 Å². The molecule has 0 amide bonds. The number of nitrogens with two attached hydrogens (primary N) is 1. The first kappa shape index (κ1) is 9.52. The molecule has 1 aliphatic rings. The number of hydrogen-bond acceptors (Lipinski definition) is 1. The Morgan fingerprint density at radius 1 is 1.43 bits per heavy atom. The molecule has 0 aliphatic heterocycles. The summed E-state index contributed by atoms with van der Waals surface area (Å²) >= 11 is 3.43. The van der Waals surface area contributed by atoms with Gasteiger partial charge in [0.2, 0.25) is 0 Å². The van der Waals surface area contributed by atoms with Crippen molar-refractivity contribution >= 4 is 27.6 Å². The first-order valence-corrected chi connectivity index (χ1v) is 5.40. The molecule has 0 bridgehead atoms. The molecular formula is C10H12BrN3. The highest BCUT2D eigenvalue weighted by molar-refractivity contribution is 9.10. The van der Waals surface area contributed by atoms with Gasteiger partial charge in [-0.15, -0.1) is 0 Å². The van der Waals surface area contributed by atoms with E-state index in [0.717, 1.165) is 10.2 Å². The van der Waals surface area contributed by atoms with E-state index in [-0.39, 0.29) is 0 Å². The zero-order valence-corrected chi connectivity index (χ0v) is 9.29. The third-order valence-corrected chi connectivity index (χ3v) is 2.70. The summed E-state index contributed by atoms with van der Waals surface area (Å²) in [7, 11) is 0. The maximum atomic E-state index is 5.73. The van der Waals surface area contributed by atoms with Gasteiger partial charge in [-0.25, -0.2) is 4.99 Å². The monoisotopic (exact) mass is 253 g/mol. The van der Waals surface area contributed by atoms with Gasteiger partial charge in [-0.2, -0.15) is 0 Å². The van der Waals surface area contributed by atoms with Crippen LogP contribution in [0.3, 0.4) is 0 Å². The van der Waals surface area contributed by atoms with Gasteiger partial charge in [0.1, 0.15) is 0 Å². The van der Waals surface area contributed by atoms with Crippen molar-refractivity contribution in [1.29, 1.82) is 0 Å². The number of guanidine groups is 1. The van der Waals surface area contributed by atoms with Crippen molar-refractivity contribution in [2.75, 3.05) is 5.32 Å². The molecule has 1 aromatic rings. The highest BCUT2D eigenvalue weighted by atomic mass is 79.9. The number of benzene rings is 1. The molecule has 14 heavy (non-hydrogen) atoms. The Morgan fingerprint density at radius 2 is 2.14 bits per heavy atom. The molecule has 3 N–H and O–H groups in total. The Bertz CT molecular complexity index is 358. The topological polar surface area (TPSA) is 50.4 Å². The minimum atomic E-state index is 0.449. The van der Waals surface area contributed by atoms with E-state index < -0.39 is 0 Å². The van der Waals surface area contributed by atoms with E-state index in [4.69, 9.17) is 5.73 Å². The van der Waals surface area contributed by atoms with Crippen molar-refractivity contribution in [2.45, 2.75) is 18.9 Å². The maximum absolute atomic E-state index is 5.73. The standard InChI is InChI=1S/C10H12BrN3/c11-8-3-1-2-4-9(8)14-10(12)13-7-5-6-7/h1-4,7H,5-6H2,(H3,12,13,14).